The van der Waals surface area contributed by atoms with Crippen LogP contribution < -0.4 is 5.32 Å². The van der Waals surface area contributed by atoms with E-state index in [9.17, 15) is 4.79 Å². The number of amides is 1. The molecule has 2 aromatic heterocycles. The lowest BCUT2D eigenvalue weighted by atomic mass is 10.2. The summed E-state index contributed by atoms with van der Waals surface area (Å²) in [6.45, 7) is 0. The van der Waals surface area contributed by atoms with Crippen LogP contribution >= 0.6 is 23.1 Å². The molecule has 0 atom stereocenters. The van der Waals surface area contributed by atoms with Gasteiger partial charge in [0.05, 0.1) is 11.6 Å². The highest BCUT2D eigenvalue weighted by molar-refractivity contribution is 8.00. The summed E-state index contributed by atoms with van der Waals surface area (Å²) in [6.07, 6.45) is 0. The monoisotopic (exact) mass is 392 g/mol. The fourth-order valence-corrected chi connectivity index (χ4v) is 4.09. The summed E-state index contributed by atoms with van der Waals surface area (Å²) < 4.78 is 6.30. The summed E-state index contributed by atoms with van der Waals surface area (Å²) in [4.78, 5) is 12.3. The van der Waals surface area contributed by atoms with Gasteiger partial charge in [-0.1, -0.05) is 53.4 Å². The summed E-state index contributed by atoms with van der Waals surface area (Å²) in [5.41, 5.74) is 2.39. The van der Waals surface area contributed by atoms with Gasteiger partial charge in [0.25, 0.3) is 5.91 Å². The summed E-state index contributed by atoms with van der Waals surface area (Å²) in [7, 11) is 0. The minimum Gasteiger partial charge on any atom is -0.451 e. The second-order valence-corrected chi connectivity index (χ2v) is 7.77. The number of hydrogen-bond donors (Lipinski definition) is 1. The molecule has 0 radical (unpaired) electrons. The van der Waals surface area contributed by atoms with Crippen molar-refractivity contribution < 1.29 is 9.21 Å². The molecule has 0 aliphatic carbocycles. The second kappa shape index (κ2) is 7.61. The number of nitrogens with zero attached hydrogens (tertiary/aromatic N) is 3. The smallest absolute Gasteiger partial charge is 0.293 e. The molecule has 0 aliphatic heterocycles. The maximum Gasteiger partial charge on any atom is 0.293 e. The lowest BCUT2D eigenvalue weighted by Crippen LogP contribution is -2.10. The molecule has 1 amide bonds. The molecule has 0 saturated carbocycles. The molecule has 2 heterocycles. The summed E-state index contributed by atoms with van der Waals surface area (Å²) in [5, 5.41) is 20.9. The highest BCUT2D eigenvalue weighted by Gasteiger charge is 2.15. The van der Waals surface area contributed by atoms with E-state index in [0.29, 0.717) is 22.0 Å². The first-order valence-electron chi connectivity index (χ1n) is 7.96. The Morgan fingerprint density at radius 3 is 2.78 bits per heavy atom. The number of aromatic nitrogens is 2. The predicted octanol–water partition coefficient (Wildman–Crippen LogP) is 4.70. The Morgan fingerprint density at radius 1 is 1.19 bits per heavy atom. The zero-order valence-electron chi connectivity index (χ0n) is 13.9. The minimum atomic E-state index is -0.356. The van der Waals surface area contributed by atoms with E-state index in [1.54, 1.807) is 18.2 Å². The van der Waals surface area contributed by atoms with Crippen molar-refractivity contribution in [3.63, 3.8) is 0 Å². The Labute approximate surface area is 162 Å². The van der Waals surface area contributed by atoms with Gasteiger partial charge >= 0.3 is 0 Å². The molecule has 6 nitrogen and oxygen atoms in total. The van der Waals surface area contributed by atoms with Crippen LogP contribution in [0.3, 0.4) is 0 Å². The summed E-state index contributed by atoms with van der Waals surface area (Å²) >= 11 is 2.83. The fourth-order valence-electron chi connectivity index (χ4n) is 2.39. The molecule has 2 aromatic carbocycles. The maximum atomic E-state index is 12.3. The molecule has 1 N–H and O–H groups in total. The van der Waals surface area contributed by atoms with E-state index < -0.39 is 0 Å². The first-order chi connectivity index (χ1) is 13.2. The van der Waals surface area contributed by atoms with Gasteiger partial charge in [-0.3, -0.25) is 10.1 Å². The SMILES string of the molecule is N#Cc1ccc(CSc2nnc(NC(=O)c3cc4ccccc4o3)s2)cc1. The second-order valence-electron chi connectivity index (χ2n) is 5.57. The van der Waals surface area contributed by atoms with Crippen LogP contribution in [0.25, 0.3) is 11.0 Å². The average Bonchev–Trinajstić information content (AvgIpc) is 3.33. The molecular weight excluding hydrogens is 380 g/mol. The minimum absolute atomic E-state index is 0.234. The third-order valence-corrected chi connectivity index (χ3v) is 5.76. The van der Waals surface area contributed by atoms with E-state index >= 15 is 0 Å². The zero-order valence-corrected chi connectivity index (χ0v) is 15.5. The number of thioether (sulfide) groups is 1. The number of para-hydroxylation sites is 1. The van der Waals surface area contributed by atoms with Gasteiger partial charge in [-0.05, 0) is 29.8 Å². The van der Waals surface area contributed by atoms with E-state index in [1.807, 2.05) is 36.4 Å². The molecule has 4 aromatic rings. The molecular formula is C19H12N4O2S2. The summed E-state index contributed by atoms with van der Waals surface area (Å²) in [5.74, 6) is 0.585. The predicted molar refractivity (Wildman–Crippen MR) is 105 cm³/mol. The number of rotatable bonds is 5. The molecule has 4 rings (SSSR count). The van der Waals surface area contributed by atoms with Crippen molar-refractivity contribution in [2.45, 2.75) is 10.1 Å². The molecule has 0 fully saturated rings. The number of benzene rings is 2. The van der Waals surface area contributed by atoms with Crippen LogP contribution in [0.5, 0.6) is 0 Å². The van der Waals surface area contributed by atoms with E-state index in [2.05, 4.69) is 21.6 Å². The van der Waals surface area contributed by atoms with Gasteiger partial charge in [-0.15, -0.1) is 10.2 Å². The Balaban J connectivity index is 1.38. The Kier molecular flexibility index (Phi) is 4.87. The van der Waals surface area contributed by atoms with Crippen molar-refractivity contribution in [3.8, 4) is 6.07 Å². The van der Waals surface area contributed by atoms with Gasteiger partial charge in [-0.25, -0.2) is 0 Å². The Hall–Kier alpha value is -3.15. The number of hydrogen-bond acceptors (Lipinski definition) is 7. The molecule has 27 heavy (non-hydrogen) atoms. The molecule has 132 valence electrons. The van der Waals surface area contributed by atoms with Crippen molar-refractivity contribution >= 4 is 45.1 Å². The third-order valence-electron chi connectivity index (χ3n) is 3.72. The van der Waals surface area contributed by atoms with Gasteiger partial charge in [-0.2, -0.15) is 5.26 Å². The van der Waals surface area contributed by atoms with E-state index in [1.165, 1.54) is 23.1 Å². The van der Waals surface area contributed by atoms with Crippen LogP contribution in [0.2, 0.25) is 0 Å². The van der Waals surface area contributed by atoms with E-state index in [-0.39, 0.29) is 11.7 Å². The standard InChI is InChI=1S/C19H12N4O2S2/c20-10-12-5-7-13(8-6-12)11-26-19-23-22-18(27-19)21-17(24)16-9-14-3-1-2-4-15(14)25-16/h1-9H,11H2,(H,21,22,24). The van der Waals surface area contributed by atoms with Crippen LogP contribution in [0.4, 0.5) is 5.13 Å². The van der Waals surface area contributed by atoms with Crippen LogP contribution in [-0.2, 0) is 5.75 Å². The lowest BCUT2D eigenvalue weighted by Gasteiger charge is -1.98. The van der Waals surface area contributed by atoms with Gasteiger partial charge in [0.2, 0.25) is 5.13 Å². The first-order valence-corrected chi connectivity index (χ1v) is 9.77. The van der Waals surface area contributed by atoms with Crippen molar-refractivity contribution in [1.29, 1.82) is 5.26 Å². The van der Waals surface area contributed by atoms with E-state index in [0.717, 1.165) is 15.3 Å². The lowest BCUT2D eigenvalue weighted by molar-refractivity contribution is 0.0998. The number of anilines is 1. The average molecular weight is 392 g/mol. The molecule has 8 heteroatoms. The third kappa shape index (κ3) is 4.00. The van der Waals surface area contributed by atoms with Crippen LogP contribution in [0.15, 0.2) is 63.4 Å². The highest BCUT2D eigenvalue weighted by Crippen LogP contribution is 2.29. The molecule has 0 aliphatic rings. The van der Waals surface area contributed by atoms with Gasteiger partial charge in [0, 0.05) is 11.1 Å². The van der Waals surface area contributed by atoms with Gasteiger partial charge in [0.15, 0.2) is 10.1 Å². The van der Waals surface area contributed by atoms with Crippen molar-refractivity contribution in [2.75, 3.05) is 5.32 Å². The zero-order chi connectivity index (χ0) is 18.6. The first kappa shape index (κ1) is 17.3. The summed E-state index contributed by atoms with van der Waals surface area (Å²) in [6, 6.07) is 18.6. The van der Waals surface area contributed by atoms with Gasteiger partial charge < -0.3 is 4.42 Å². The normalized spacial score (nSPS) is 10.6. The van der Waals surface area contributed by atoms with Crippen LogP contribution in [0, 0.1) is 11.3 Å². The quantitative estimate of drug-likeness (QED) is 0.391. The topological polar surface area (TPSA) is 91.8 Å². The molecule has 0 unspecified atom stereocenters. The number of nitriles is 1. The van der Waals surface area contributed by atoms with Crippen molar-refractivity contribution in [1.82, 2.24) is 10.2 Å². The number of carbonyl (C=O) groups excluding carboxylic acids is 1. The molecule has 0 spiro atoms. The molecule has 0 saturated heterocycles. The fraction of sp³-hybridized carbons (Fsp3) is 0.0526. The number of carbonyl (C=O) groups is 1. The van der Waals surface area contributed by atoms with Crippen LogP contribution in [0.1, 0.15) is 21.7 Å². The van der Waals surface area contributed by atoms with Crippen molar-refractivity contribution in [3.05, 3.63) is 71.5 Å². The Bertz CT molecular complexity index is 1110. The molecule has 0 bridgehead atoms. The number of fused-ring (bicyclic) bond motifs is 1. The number of nitrogens with one attached hydrogen (secondary N) is 1. The largest absolute Gasteiger partial charge is 0.451 e. The van der Waals surface area contributed by atoms with Crippen LogP contribution in [-0.4, -0.2) is 16.1 Å². The van der Waals surface area contributed by atoms with Gasteiger partial charge in [0.1, 0.15) is 5.58 Å². The Morgan fingerprint density at radius 2 is 2.00 bits per heavy atom. The highest BCUT2D eigenvalue weighted by atomic mass is 32.2. The van der Waals surface area contributed by atoms with E-state index in [4.69, 9.17) is 9.68 Å². The maximum absolute atomic E-state index is 12.3. The number of furan rings is 1. The van der Waals surface area contributed by atoms with Crippen molar-refractivity contribution in [2.24, 2.45) is 0 Å².